The molecule has 0 radical (unpaired) electrons. The highest BCUT2D eigenvalue weighted by Gasteiger charge is 2.21. The monoisotopic (exact) mass is 346 g/mol. The van der Waals surface area contributed by atoms with Crippen molar-refractivity contribution in [2.75, 3.05) is 18.4 Å². The number of ether oxygens (including phenoxy) is 1. The zero-order valence-corrected chi connectivity index (χ0v) is 13.3. The van der Waals surface area contributed by atoms with E-state index in [0.29, 0.717) is 29.1 Å². The molecule has 2 aromatic rings. The van der Waals surface area contributed by atoms with Crippen LogP contribution in [0.1, 0.15) is 18.4 Å². The van der Waals surface area contributed by atoms with Crippen LogP contribution in [0.15, 0.2) is 24.4 Å². The molecule has 0 atom stereocenters. The Balaban J connectivity index is 1.82. The molecular weight excluding hydrogens is 330 g/mol. The highest BCUT2D eigenvalue weighted by Crippen LogP contribution is 2.30. The van der Waals surface area contributed by atoms with Gasteiger partial charge in [0.05, 0.1) is 23.3 Å². The number of alkyl halides is 2. The van der Waals surface area contributed by atoms with Gasteiger partial charge in [-0.1, -0.05) is 0 Å². The standard InChI is InChI=1S/C17H16F2N4O2/c18-17(19)25-12-3-4-14-13(5-12)16(11(6-20)8-21-14)23-9-15(24)22-7-10-1-2-10/h3-5,8,10,17H,1-2,7,9H2,(H,21,23)(H,22,24). The van der Waals surface area contributed by atoms with Gasteiger partial charge in [-0.3, -0.25) is 9.78 Å². The number of carbonyl (C=O) groups is 1. The number of fused-ring (bicyclic) bond motifs is 1. The van der Waals surface area contributed by atoms with Crippen molar-refractivity contribution in [2.24, 2.45) is 5.92 Å². The molecule has 0 saturated heterocycles. The number of nitriles is 1. The highest BCUT2D eigenvalue weighted by molar-refractivity contribution is 5.96. The minimum atomic E-state index is -2.95. The third-order valence-electron chi connectivity index (χ3n) is 3.90. The van der Waals surface area contributed by atoms with E-state index in [9.17, 15) is 18.8 Å². The van der Waals surface area contributed by atoms with Gasteiger partial charge in [-0.05, 0) is 37.0 Å². The molecular formula is C17H16F2N4O2. The molecule has 3 rings (SSSR count). The zero-order chi connectivity index (χ0) is 17.8. The number of benzene rings is 1. The van der Waals surface area contributed by atoms with Gasteiger partial charge < -0.3 is 15.4 Å². The Morgan fingerprint density at radius 3 is 2.92 bits per heavy atom. The van der Waals surface area contributed by atoms with Crippen molar-refractivity contribution < 1.29 is 18.3 Å². The van der Waals surface area contributed by atoms with E-state index < -0.39 is 6.61 Å². The summed E-state index contributed by atoms with van der Waals surface area (Å²) in [6.07, 6.45) is 3.64. The molecule has 25 heavy (non-hydrogen) atoms. The lowest BCUT2D eigenvalue weighted by Crippen LogP contribution is -2.31. The Morgan fingerprint density at radius 2 is 2.24 bits per heavy atom. The van der Waals surface area contributed by atoms with Crippen molar-refractivity contribution in [3.05, 3.63) is 30.0 Å². The summed E-state index contributed by atoms with van der Waals surface area (Å²) in [7, 11) is 0. The molecule has 2 N–H and O–H groups in total. The van der Waals surface area contributed by atoms with E-state index in [1.165, 1.54) is 24.4 Å². The van der Waals surface area contributed by atoms with Crippen LogP contribution in [0.3, 0.4) is 0 Å². The summed E-state index contributed by atoms with van der Waals surface area (Å²) in [5, 5.41) is 15.4. The van der Waals surface area contributed by atoms with Crippen LogP contribution in [-0.2, 0) is 4.79 Å². The minimum Gasteiger partial charge on any atom is -0.435 e. The number of anilines is 1. The summed E-state index contributed by atoms with van der Waals surface area (Å²) in [5.41, 5.74) is 1.09. The molecule has 0 aliphatic heterocycles. The first-order valence-electron chi connectivity index (χ1n) is 7.85. The Bertz CT molecular complexity index is 831. The van der Waals surface area contributed by atoms with E-state index in [1.807, 2.05) is 6.07 Å². The van der Waals surface area contributed by atoms with Gasteiger partial charge in [0.15, 0.2) is 0 Å². The lowest BCUT2D eigenvalue weighted by Gasteiger charge is -2.13. The van der Waals surface area contributed by atoms with E-state index in [0.717, 1.165) is 12.8 Å². The fraction of sp³-hybridized carbons (Fsp3) is 0.353. The predicted molar refractivity (Wildman–Crippen MR) is 87.3 cm³/mol. The lowest BCUT2D eigenvalue weighted by molar-refractivity contribution is -0.119. The average Bonchev–Trinajstić information content (AvgIpc) is 3.41. The largest absolute Gasteiger partial charge is 0.435 e. The molecule has 1 aromatic heterocycles. The third-order valence-corrected chi connectivity index (χ3v) is 3.90. The fourth-order valence-electron chi connectivity index (χ4n) is 2.43. The molecule has 8 heteroatoms. The zero-order valence-electron chi connectivity index (χ0n) is 13.3. The van der Waals surface area contributed by atoms with Crippen LogP contribution in [0.25, 0.3) is 10.9 Å². The number of hydrogen-bond donors (Lipinski definition) is 2. The molecule has 1 saturated carbocycles. The van der Waals surface area contributed by atoms with Gasteiger partial charge in [-0.15, -0.1) is 0 Å². The Hall–Kier alpha value is -2.95. The van der Waals surface area contributed by atoms with Crippen LogP contribution in [-0.4, -0.2) is 30.6 Å². The van der Waals surface area contributed by atoms with Crippen molar-refractivity contribution in [3.8, 4) is 11.8 Å². The van der Waals surface area contributed by atoms with Crippen molar-refractivity contribution in [1.82, 2.24) is 10.3 Å². The maximum Gasteiger partial charge on any atom is 0.387 e. The summed E-state index contributed by atoms with van der Waals surface area (Å²) in [6.45, 7) is -2.33. The van der Waals surface area contributed by atoms with E-state index in [4.69, 9.17) is 0 Å². The normalized spacial score (nSPS) is 13.5. The first-order valence-corrected chi connectivity index (χ1v) is 7.85. The van der Waals surface area contributed by atoms with Gasteiger partial charge in [0.25, 0.3) is 0 Å². The molecule has 0 unspecified atom stereocenters. The van der Waals surface area contributed by atoms with Crippen molar-refractivity contribution in [3.63, 3.8) is 0 Å². The van der Waals surface area contributed by atoms with E-state index in [2.05, 4.69) is 20.4 Å². The van der Waals surface area contributed by atoms with Gasteiger partial charge in [-0.2, -0.15) is 14.0 Å². The van der Waals surface area contributed by atoms with Crippen LogP contribution in [0.5, 0.6) is 5.75 Å². The van der Waals surface area contributed by atoms with E-state index in [1.54, 1.807) is 0 Å². The van der Waals surface area contributed by atoms with Gasteiger partial charge >= 0.3 is 6.61 Å². The van der Waals surface area contributed by atoms with E-state index in [-0.39, 0.29) is 23.8 Å². The number of nitrogens with one attached hydrogen (secondary N) is 2. The predicted octanol–water partition coefficient (Wildman–Crippen LogP) is 2.65. The molecule has 1 heterocycles. The number of aromatic nitrogens is 1. The van der Waals surface area contributed by atoms with Gasteiger partial charge in [0, 0.05) is 18.1 Å². The van der Waals surface area contributed by atoms with Crippen LogP contribution >= 0.6 is 0 Å². The number of nitrogens with zero attached hydrogens (tertiary/aromatic N) is 2. The maximum absolute atomic E-state index is 12.4. The number of halogens is 2. The molecule has 1 fully saturated rings. The number of rotatable bonds is 7. The number of carbonyl (C=O) groups excluding carboxylic acids is 1. The second-order valence-corrected chi connectivity index (χ2v) is 5.82. The molecule has 1 aromatic carbocycles. The minimum absolute atomic E-state index is 0.0273. The number of amides is 1. The van der Waals surface area contributed by atoms with E-state index >= 15 is 0 Å². The molecule has 0 spiro atoms. The van der Waals surface area contributed by atoms with Gasteiger partial charge in [-0.25, -0.2) is 0 Å². The summed E-state index contributed by atoms with van der Waals surface area (Å²) in [6, 6.07) is 6.26. The SMILES string of the molecule is N#Cc1cnc2ccc(OC(F)F)cc2c1NCC(=O)NCC1CC1. The Morgan fingerprint density at radius 1 is 1.44 bits per heavy atom. The fourth-order valence-corrected chi connectivity index (χ4v) is 2.43. The third kappa shape index (κ3) is 4.32. The average molecular weight is 346 g/mol. The highest BCUT2D eigenvalue weighted by atomic mass is 19.3. The number of pyridine rings is 1. The molecule has 6 nitrogen and oxygen atoms in total. The topological polar surface area (TPSA) is 87.0 Å². The smallest absolute Gasteiger partial charge is 0.387 e. The lowest BCUT2D eigenvalue weighted by atomic mass is 10.1. The molecule has 0 bridgehead atoms. The summed E-state index contributed by atoms with van der Waals surface area (Å²) in [5.74, 6) is 0.329. The van der Waals surface area contributed by atoms with Crippen molar-refractivity contribution >= 4 is 22.5 Å². The summed E-state index contributed by atoms with van der Waals surface area (Å²) in [4.78, 5) is 16.0. The number of hydrogen-bond acceptors (Lipinski definition) is 5. The first-order chi connectivity index (χ1) is 12.1. The summed E-state index contributed by atoms with van der Waals surface area (Å²) >= 11 is 0. The van der Waals surface area contributed by atoms with Crippen LogP contribution < -0.4 is 15.4 Å². The van der Waals surface area contributed by atoms with Crippen LogP contribution in [0, 0.1) is 17.2 Å². The van der Waals surface area contributed by atoms with Gasteiger partial charge in [0.1, 0.15) is 11.8 Å². The Kier molecular flexibility index (Phi) is 4.93. The molecule has 1 amide bonds. The molecule has 130 valence electrons. The second kappa shape index (κ2) is 7.30. The quantitative estimate of drug-likeness (QED) is 0.805. The Labute approximate surface area is 142 Å². The van der Waals surface area contributed by atoms with Crippen LogP contribution in [0.2, 0.25) is 0 Å². The first kappa shape index (κ1) is 16.9. The second-order valence-electron chi connectivity index (χ2n) is 5.82. The van der Waals surface area contributed by atoms with Gasteiger partial charge in [0.2, 0.25) is 5.91 Å². The maximum atomic E-state index is 12.4. The summed E-state index contributed by atoms with van der Waals surface area (Å²) < 4.78 is 29.2. The molecule has 1 aliphatic rings. The molecule has 1 aliphatic carbocycles. The van der Waals surface area contributed by atoms with Crippen molar-refractivity contribution in [1.29, 1.82) is 5.26 Å². The van der Waals surface area contributed by atoms with Crippen molar-refractivity contribution in [2.45, 2.75) is 19.5 Å². The van der Waals surface area contributed by atoms with Crippen LogP contribution in [0.4, 0.5) is 14.5 Å².